The quantitative estimate of drug-likeness (QED) is 0.780. The number of amides is 1. The van der Waals surface area contributed by atoms with Gasteiger partial charge >= 0.3 is 5.97 Å². The lowest BCUT2D eigenvalue weighted by atomic mass is 10.1. The summed E-state index contributed by atoms with van der Waals surface area (Å²) in [5.41, 5.74) is 2.21. The maximum absolute atomic E-state index is 12.0. The number of esters is 1. The Kier molecular flexibility index (Phi) is 6.69. The molecule has 5 nitrogen and oxygen atoms in total. The minimum atomic E-state index is -0.356. The zero-order chi connectivity index (χ0) is 17.4. The first-order chi connectivity index (χ1) is 11.6. The average Bonchev–Trinajstić information content (AvgIpc) is 2.62. The molecule has 0 heterocycles. The highest BCUT2D eigenvalue weighted by Gasteiger charge is 2.08. The fourth-order valence-corrected chi connectivity index (χ4v) is 2.84. The number of thioether (sulfide) groups is 1. The van der Waals surface area contributed by atoms with E-state index in [1.165, 1.54) is 18.9 Å². The maximum atomic E-state index is 12.0. The number of ether oxygens (including phenoxy) is 2. The van der Waals surface area contributed by atoms with E-state index in [1.807, 2.05) is 24.3 Å². The third kappa shape index (κ3) is 5.03. The van der Waals surface area contributed by atoms with Gasteiger partial charge in [0, 0.05) is 5.75 Å². The van der Waals surface area contributed by atoms with Crippen molar-refractivity contribution in [2.24, 2.45) is 0 Å². The van der Waals surface area contributed by atoms with Gasteiger partial charge in [0.2, 0.25) is 5.91 Å². The number of hydrogen-bond acceptors (Lipinski definition) is 5. The van der Waals surface area contributed by atoms with Crippen LogP contribution in [0.1, 0.15) is 15.9 Å². The molecule has 0 bridgehead atoms. The lowest BCUT2D eigenvalue weighted by Crippen LogP contribution is -2.14. The van der Waals surface area contributed by atoms with Crippen LogP contribution in [0.5, 0.6) is 5.75 Å². The minimum absolute atomic E-state index is 0.0873. The maximum Gasteiger partial charge on any atom is 0.337 e. The number of carbonyl (C=O) groups is 2. The number of para-hydroxylation sites is 2. The van der Waals surface area contributed by atoms with E-state index in [0.717, 1.165) is 5.56 Å². The van der Waals surface area contributed by atoms with Crippen LogP contribution in [-0.4, -0.2) is 31.8 Å². The van der Waals surface area contributed by atoms with E-state index in [0.29, 0.717) is 28.5 Å². The molecule has 24 heavy (non-hydrogen) atoms. The summed E-state index contributed by atoms with van der Waals surface area (Å²) in [6, 6.07) is 14.4. The third-order valence-corrected chi connectivity index (χ3v) is 4.26. The molecule has 1 amide bonds. The lowest BCUT2D eigenvalue weighted by molar-refractivity contribution is -0.113. The van der Waals surface area contributed by atoms with E-state index in [9.17, 15) is 9.59 Å². The van der Waals surface area contributed by atoms with Gasteiger partial charge in [0.25, 0.3) is 0 Å². The highest BCUT2D eigenvalue weighted by molar-refractivity contribution is 7.99. The molecule has 0 saturated carbocycles. The molecule has 126 valence electrons. The molecule has 0 atom stereocenters. The van der Waals surface area contributed by atoms with Crippen LogP contribution in [0.15, 0.2) is 48.5 Å². The van der Waals surface area contributed by atoms with Crippen LogP contribution >= 0.6 is 11.8 Å². The molecule has 0 aromatic heterocycles. The summed E-state index contributed by atoms with van der Waals surface area (Å²) in [4.78, 5) is 23.4. The molecule has 0 aliphatic rings. The zero-order valence-corrected chi connectivity index (χ0v) is 14.4. The summed E-state index contributed by atoms with van der Waals surface area (Å²) < 4.78 is 9.86. The van der Waals surface area contributed by atoms with Gasteiger partial charge in [0.05, 0.1) is 31.2 Å². The minimum Gasteiger partial charge on any atom is -0.495 e. The molecule has 2 aromatic rings. The van der Waals surface area contributed by atoms with Crippen molar-refractivity contribution >= 4 is 29.3 Å². The van der Waals surface area contributed by atoms with E-state index in [2.05, 4.69) is 10.1 Å². The Balaban J connectivity index is 1.81. The number of benzene rings is 2. The van der Waals surface area contributed by atoms with Gasteiger partial charge in [0.1, 0.15) is 5.75 Å². The monoisotopic (exact) mass is 345 g/mol. The van der Waals surface area contributed by atoms with Crippen LogP contribution < -0.4 is 10.1 Å². The lowest BCUT2D eigenvalue weighted by Gasteiger charge is -2.09. The van der Waals surface area contributed by atoms with Crippen LogP contribution in [0.2, 0.25) is 0 Å². The number of carbonyl (C=O) groups excluding carboxylic acids is 2. The largest absolute Gasteiger partial charge is 0.495 e. The predicted molar refractivity (Wildman–Crippen MR) is 95.6 cm³/mol. The van der Waals surface area contributed by atoms with E-state index in [4.69, 9.17) is 4.74 Å². The van der Waals surface area contributed by atoms with Crippen LogP contribution in [0.25, 0.3) is 0 Å². The van der Waals surface area contributed by atoms with Crippen LogP contribution in [0.3, 0.4) is 0 Å². The van der Waals surface area contributed by atoms with Crippen molar-refractivity contribution in [1.82, 2.24) is 0 Å². The van der Waals surface area contributed by atoms with Crippen LogP contribution in [-0.2, 0) is 15.3 Å². The van der Waals surface area contributed by atoms with Gasteiger partial charge in [0.15, 0.2) is 0 Å². The first-order valence-corrected chi connectivity index (χ1v) is 8.47. The van der Waals surface area contributed by atoms with E-state index >= 15 is 0 Å². The van der Waals surface area contributed by atoms with Crippen molar-refractivity contribution in [2.75, 3.05) is 25.3 Å². The Labute approximate surface area is 145 Å². The molecule has 0 aliphatic carbocycles. The second-order valence-corrected chi connectivity index (χ2v) is 5.92. The first kappa shape index (κ1) is 17.9. The van der Waals surface area contributed by atoms with Crippen molar-refractivity contribution in [3.05, 3.63) is 59.7 Å². The highest BCUT2D eigenvalue weighted by Crippen LogP contribution is 2.23. The number of methoxy groups -OCH3 is 2. The standard InChI is InChI=1S/C18H19NO4S/c1-22-16-6-4-3-5-15(16)19-17(20)12-24-11-13-7-9-14(10-8-13)18(21)23-2/h3-10H,11-12H2,1-2H3,(H,19,20). The smallest absolute Gasteiger partial charge is 0.337 e. The molecule has 0 radical (unpaired) electrons. The van der Waals surface area contributed by atoms with Gasteiger partial charge in [-0.15, -0.1) is 11.8 Å². The Morgan fingerprint density at radius 1 is 1.04 bits per heavy atom. The highest BCUT2D eigenvalue weighted by atomic mass is 32.2. The molecular weight excluding hydrogens is 326 g/mol. The summed E-state index contributed by atoms with van der Waals surface area (Å²) in [6.45, 7) is 0. The summed E-state index contributed by atoms with van der Waals surface area (Å²) in [5, 5.41) is 2.83. The van der Waals surface area contributed by atoms with Gasteiger partial charge in [-0.25, -0.2) is 4.79 Å². The van der Waals surface area contributed by atoms with Gasteiger partial charge in [-0.05, 0) is 29.8 Å². The van der Waals surface area contributed by atoms with Crippen LogP contribution in [0.4, 0.5) is 5.69 Å². The van der Waals surface area contributed by atoms with Gasteiger partial charge in [-0.3, -0.25) is 4.79 Å². The average molecular weight is 345 g/mol. The van der Waals surface area contributed by atoms with Gasteiger partial charge in [-0.1, -0.05) is 24.3 Å². The number of rotatable bonds is 7. The fraction of sp³-hybridized carbons (Fsp3) is 0.222. The summed E-state index contributed by atoms with van der Waals surface area (Å²) in [5.74, 6) is 1.20. The van der Waals surface area contributed by atoms with Gasteiger partial charge < -0.3 is 14.8 Å². The Hall–Kier alpha value is -2.47. The number of hydrogen-bond donors (Lipinski definition) is 1. The normalized spacial score (nSPS) is 10.1. The molecule has 6 heteroatoms. The molecule has 0 unspecified atom stereocenters. The van der Waals surface area contributed by atoms with Crippen molar-refractivity contribution in [1.29, 1.82) is 0 Å². The topological polar surface area (TPSA) is 64.6 Å². The van der Waals surface area contributed by atoms with Gasteiger partial charge in [-0.2, -0.15) is 0 Å². The Morgan fingerprint density at radius 3 is 2.42 bits per heavy atom. The summed E-state index contributed by atoms with van der Waals surface area (Å²) >= 11 is 1.50. The van der Waals surface area contributed by atoms with Crippen molar-refractivity contribution in [3.8, 4) is 5.75 Å². The van der Waals surface area contributed by atoms with Crippen LogP contribution in [0, 0.1) is 0 Å². The zero-order valence-electron chi connectivity index (χ0n) is 13.6. The molecule has 0 saturated heterocycles. The Bertz CT molecular complexity index is 700. The predicted octanol–water partition coefficient (Wildman–Crippen LogP) is 3.35. The van der Waals surface area contributed by atoms with Crippen molar-refractivity contribution in [2.45, 2.75) is 5.75 Å². The molecular formula is C18H19NO4S. The molecule has 1 N–H and O–H groups in total. The summed E-state index contributed by atoms with van der Waals surface area (Å²) in [7, 11) is 2.92. The third-order valence-electron chi connectivity index (χ3n) is 3.26. The molecule has 0 aliphatic heterocycles. The second kappa shape index (κ2) is 8.98. The second-order valence-electron chi connectivity index (χ2n) is 4.93. The van der Waals surface area contributed by atoms with E-state index in [1.54, 1.807) is 31.4 Å². The van der Waals surface area contributed by atoms with E-state index in [-0.39, 0.29) is 11.9 Å². The molecule has 0 fully saturated rings. The summed E-state index contributed by atoms with van der Waals surface area (Å²) in [6.07, 6.45) is 0. The number of anilines is 1. The fourth-order valence-electron chi connectivity index (χ4n) is 2.05. The van der Waals surface area contributed by atoms with E-state index < -0.39 is 0 Å². The first-order valence-electron chi connectivity index (χ1n) is 7.32. The van der Waals surface area contributed by atoms with Crippen molar-refractivity contribution in [3.63, 3.8) is 0 Å². The molecule has 2 rings (SSSR count). The van der Waals surface area contributed by atoms with Crippen molar-refractivity contribution < 1.29 is 19.1 Å². The SMILES string of the molecule is COC(=O)c1ccc(CSCC(=O)Nc2ccccc2OC)cc1. The Morgan fingerprint density at radius 2 is 1.75 bits per heavy atom. The molecule has 2 aromatic carbocycles. The number of nitrogens with one attached hydrogen (secondary N) is 1. The molecule has 0 spiro atoms.